The SMILES string of the molecule is C[C@H]1C[C@@H]1c1cccc2c1[C@H]1C[C@H](c3nc4ccc(-c5cnc(C6(N=[N+]=[N-])CC(F)(F)C6)nc5)cc4n31)N(C)C2=O. The number of alkyl halides is 2. The molecule has 206 valence electrons. The molecule has 4 aromatic rings. The van der Waals surface area contributed by atoms with E-state index in [4.69, 9.17) is 10.5 Å². The van der Waals surface area contributed by atoms with Crippen LogP contribution in [0.4, 0.5) is 8.78 Å². The highest BCUT2D eigenvalue weighted by atomic mass is 19.3. The zero-order valence-corrected chi connectivity index (χ0v) is 22.5. The van der Waals surface area contributed by atoms with Gasteiger partial charge in [-0.2, -0.15) is 0 Å². The summed E-state index contributed by atoms with van der Waals surface area (Å²) in [5.41, 5.74) is 14.1. The Kier molecular flexibility index (Phi) is 4.83. The molecule has 0 unspecified atom stereocenters. The number of carbonyl (C=O) groups is 1. The molecule has 8 rings (SSSR count). The first kappa shape index (κ1) is 24.4. The second-order valence-electron chi connectivity index (χ2n) is 12.1. The number of aromatic nitrogens is 4. The Morgan fingerprint density at radius 1 is 1.07 bits per heavy atom. The lowest BCUT2D eigenvalue weighted by Gasteiger charge is -2.42. The summed E-state index contributed by atoms with van der Waals surface area (Å²) >= 11 is 0. The van der Waals surface area contributed by atoms with Gasteiger partial charge in [0.25, 0.3) is 5.91 Å². The molecular weight excluding hydrogens is 526 g/mol. The van der Waals surface area contributed by atoms with E-state index in [0.717, 1.165) is 46.4 Å². The summed E-state index contributed by atoms with van der Waals surface area (Å²) in [6.45, 7) is 2.26. The first-order chi connectivity index (χ1) is 19.7. The molecule has 2 aliphatic carbocycles. The molecule has 4 heterocycles. The molecule has 2 fully saturated rings. The molecule has 4 atom stereocenters. The van der Waals surface area contributed by atoms with E-state index in [2.05, 4.69) is 43.6 Å². The number of amides is 1. The van der Waals surface area contributed by atoms with Crippen LogP contribution in [0.2, 0.25) is 0 Å². The van der Waals surface area contributed by atoms with Gasteiger partial charge in [-0.15, -0.1) is 0 Å². The van der Waals surface area contributed by atoms with E-state index in [1.165, 1.54) is 5.56 Å². The highest BCUT2D eigenvalue weighted by Crippen LogP contribution is 2.55. The summed E-state index contributed by atoms with van der Waals surface area (Å²) in [7, 11) is 1.87. The van der Waals surface area contributed by atoms with E-state index >= 15 is 0 Å². The molecule has 2 bridgehead atoms. The summed E-state index contributed by atoms with van der Waals surface area (Å²) in [6.07, 6.45) is 3.90. The Balaban J connectivity index is 1.23. The van der Waals surface area contributed by atoms with Gasteiger partial charge in [-0.3, -0.25) is 4.79 Å². The summed E-state index contributed by atoms with van der Waals surface area (Å²) in [5, 5.41) is 3.64. The van der Waals surface area contributed by atoms with Crippen molar-refractivity contribution in [3.05, 3.63) is 87.6 Å². The maximum absolute atomic E-state index is 13.7. The molecule has 0 radical (unpaired) electrons. The second-order valence-corrected chi connectivity index (χ2v) is 12.1. The van der Waals surface area contributed by atoms with Gasteiger partial charge in [-0.1, -0.05) is 30.2 Å². The quantitative estimate of drug-likeness (QED) is 0.160. The van der Waals surface area contributed by atoms with E-state index in [0.29, 0.717) is 17.4 Å². The maximum Gasteiger partial charge on any atom is 0.254 e. The Bertz CT molecular complexity index is 1820. The zero-order valence-electron chi connectivity index (χ0n) is 22.5. The first-order valence-corrected chi connectivity index (χ1v) is 13.9. The fraction of sp³-hybridized carbons (Fsp3) is 0.400. The summed E-state index contributed by atoms with van der Waals surface area (Å²) in [6, 6.07) is 12.0. The van der Waals surface area contributed by atoms with Gasteiger partial charge in [0, 0.05) is 54.7 Å². The smallest absolute Gasteiger partial charge is 0.254 e. The van der Waals surface area contributed by atoms with Gasteiger partial charge in [-0.25, -0.2) is 23.7 Å². The van der Waals surface area contributed by atoms with Crippen LogP contribution in [0.25, 0.3) is 32.6 Å². The fourth-order valence-corrected chi connectivity index (χ4v) is 7.29. The van der Waals surface area contributed by atoms with Crippen molar-refractivity contribution in [1.82, 2.24) is 24.4 Å². The molecular formula is C30H26F2N8O. The third-order valence-corrected chi connectivity index (χ3v) is 9.51. The Morgan fingerprint density at radius 2 is 1.83 bits per heavy atom. The summed E-state index contributed by atoms with van der Waals surface area (Å²) < 4.78 is 29.7. The number of hydrogen-bond donors (Lipinski definition) is 0. The molecule has 41 heavy (non-hydrogen) atoms. The second kappa shape index (κ2) is 8.10. The lowest BCUT2D eigenvalue weighted by molar-refractivity contribution is -0.127. The molecule has 11 heteroatoms. The number of fused-ring (bicyclic) bond motifs is 9. The molecule has 0 saturated heterocycles. The van der Waals surface area contributed by atoms with Crippen LogP contribution in [0, 0.1) is 5.92 Å². The van der Waals surface area contributed by atoms with Crippen molar-refractivity contribution in [3.8, 4) is 11.1 Å². The van der Waals surface area contributed by atoms with E-state index < -0.39 is 24.3 Å². The Morgan fingerprint density at radius 3 is 2.51 bits per heavy atom. The van der Waals surface area contributed by atoms with Gasteiger partial charge in [0.15, 0.2) is 0 Å². The van der Waals surface area contributed by atoms with Crippen LogP contribution in [0.5, 0.6) is 0 Å². The minimum absolute atomic E-state index is 0.00855. The highest BCUT2D eigenvalue weighted by Gasteiger charge is 2.59. The van der Waals surface area contributed by atoms with Crippen molar-refractivity contribution in [2.24, 2.45) is 11.0 Å². The van der Waals surface area contributed by atoms with Gasteiger partial charge in [0.05, 0.1) is 23.1 Å². The van der Waals surface area contributed by atoms with Gasteiger partial charge in [0.2, 0.25) is 5.92 Å². The van der Waals surface area contributed by atoms with Gasteiger partial charge >= 0.3 is 0 Å². The molecule has 1 amide bonds. The monoisotopic (exact) mass is 552 g/mol. The average molecular weight is 553 g/mol. The van der Waals surface area contributed by atoms with Crippen molar-refractivity contribution in [2.45, 2.75) is 62.1 Å². The molecule has 0 N–H and O–H groups in total. The van der Waals surface area contributed by atoms with E-state index in [-0.39, 0.29) is 23.8 Å². The molecule has 2 aromatic carbocycles. The van der Waals surface area contributed by atoms with Crippen molar-refractivity contribution in [3.63, 3.8) is 0 Å². The lowest BCUT2D eigenvalue weighted by atomic mass is 9.73. The highest BCUT2D eigenvalue weighted by molar-refractivity contribution is 5.97. The zero-order chi connectivity index (χ0) is 28.3. The van der Waals surface area contributed by atoms with Crippen molar-refractivity contribution in [2.75, 3.05) is 7.05 Å². The molecule has 4 aliphatic rings. The average Bonchev–Trinajstić information content (AvgIpc) is 3.43. The Hall–Kier alpha value is -4.37. The topological polar surface area (TPSA) is 113 Å². The minimum Gasteiger partial charge on any atom is -0.331 e. The van der Waals surface area contributed by atoms with Gasteiger partial charge in [0.1, 0.15) is 17.2 Å². The number of imidazole rings is 1. The number of azide groups is 1. The van der Waals surface area contributed by atoms with E-state index in [9.17, 15) is 13.6 Å². The largest absolute Gasteiger partial charge is 0.331 e. The number of rotatable bonds is 4. The van der Waals surface area contributed by atoms with E-state index in [1.807, 2.05) is 36.2 Å². The summed E-state index contributed by atoms with van der Waals surface area (Å²) in [4.78, 5) is 31.9. The molecule has 2 saturated carbocycles. The fourth-order valence-electron chi connectivity index (χ4n) is 7.29. The predicted octanol–water partition coefficient (Wildman–Crippen LogP) is 6.67. The van der Waals surface area contributed by atoms with Gasteiger partial charge in [-0.05, 0) is 58.7 Å². The standard InChI is InChI=1S/C30H26F2N8O/c1-15-8-20(15)18-4-3-5-19-25(18)23-10-24(39(2)27(19)41)26-36-21-7-6-16(9-22(21)40(23)26)17-11-34-28(35-12-17)29(37-38-33)13-30(31,32)14-29/h3-7,9,11-12,15,20,23-24H,8,10,13-14H2,1-2H3/t15-,20-,23+,24+/m0/s1. The van der Waals surface area contributed by atoms with Crippen molar-refractivity contribution < 1.29 is 13.6 Å². The number of nitrogens with zero attached hydrogens (tertiary/aromatic N) is 8. The van der Waals surface area contributed by atoms with Crippen LogP contribution in [0.15, 0.2) is 53.9 Å². The normalized spacial score (nSPS) is 26.5. The van der Waals surface area contributed by atoms with Crippen LogP contribution in [-0.4, -0.2) is 43.3 Å². The molecule has 2 aliphatic heterocycles. The van der Waals surface area contributed by atoms with Crippen molar-refractivity contribution >= 4 is 16.9 Å². The molecule has 2 aromatic heterocycles. The summed E-state index contributed by atoms with van der Waals surface area (Å²) in [5.74, 6) is -0.790. The first-order valence-electron chi connectivity index (χ1n) is 13.9. The van der Waals surface area contributed by atoms with Crippen LogP contribution < -0.4 is 0 Å². The number of benzene rings is 2. The van der Waals surface area contributed by atoms with Crippen LogP contribution in [0.3, 0.4) is 0 Å². The Labute approximate surface area is 233 Å². The minimum atomic E-state index is -2.89. The maximum atomic E-state index is 13.7. The van der Waals surface area contributed by atoms with Crippen LogP contribution >= 0.6 is 0 Å². The number of hydrogen-bond acceptors (Lipinski definition) is 5. The van der Waals surface area contributed by atoms with E-state index in [1.54, 1.807) is 12.4 Å². The van der Waals surface area contributed by atoms with Crippen molar-refractivity contribution in [1.29, 1.82) is 0 Å². The predicted molar refractivity (Wildman–Crippen MR) is 146 cm³/mol. The van der Waals surface area contributed by atoms with Crippen LogP contribution in [0.1, 0.15) is 83.7 Å². The molecule has 0 spiro atoms. The number of carbonyl (C=O) groups excluding carboxylic acids is 1. The third kappa shape index (κ3) is 3.41. The van der Waals surface area contributed by atoms with Crippen LogP contribution in [-0.2, 0) is 5.54 Å². The molecule has 9 nitrogen and oxygen atoms in total. The third-order valence-electron chi connectivity index (χ3n) is 9.51. The lowest BCUT2D eigenvalue weighted by Crippen LogP contribution is -2.48. The number of halogens is 2. The van der Waals surface area contributed by atoms with Gasteiger partial charge < -0.3 is 9.47 Å².